The van der Waals surface area contributed by atoms with Crippen LogP contribution in [0.3, 0.4) is 0 Å². The molecule has 0 spiro atoms. The second-order valence-corrected chi connectivity index (χ2v) is 8.86. The molecule has 0 saturated heterocycles. The fraction of sp³-hybridized carbons (Fsp3) is 0.227. The van der Waals surface area contributed by atoms with Crippen molar-refractivity contribution in [2.45, 2.75) is 37.2 Å². The zero-order valence-electron chi connectivity index (χ0n) is 16.4. The predicted octanol–water partition coefficient (Wildman–Crippen LogP) is 5.25. The molecule has 1 atom stereocenters. The number of carbonyl (C=O) groups excluding carboxylic acids is 1. The first kappa shape index (κ1) is 21.3. The lowest BCUT2D eigenvalue weighted by Crippen LogP contribution is -2.23. The molecule has 1 amide bonds. The van der Waals surface area contributed by atoms with Crippen LogP contribution in [-0.2, 0) is 17.8 Å². The highest BCUT2D eigenvalue weighted by molar-refractivity contribution is 9.10. The summed E-state index contributed by atoms with van der Waals surface area (Å²) in [7, 11) is 0. The van der Waals surface area contributed by atoms with E-state index in [0.717, 1.165) is 27.1 Å². The van der Waals surface area contributed by atoms with Crippen LogP contribution < -0.4 is 5.32 Å². The Hall–Kier alpha value is -2.38. The van der Waals surface area contributed by atoms with Crippen LogP contribution in [0.2, 0.25) is 0 Å². The van der Waals surface area contributed by atoms with Gasteiger partial charge < -0.3 is 9.88 Å². The van der Waals surface area contributed by atoms with Crippen molar-refractivity contribution in [3.63, 3.8) is 0 Å². The van der Waals surface area contributed by atoms with Gasteiger partial charge in [-0.1, -0.05) is 54.2 Å². The Bertz CT molecular complexity index is 1000. The monoisotopic (exact) mass is 470 g/mol. The van der Waals surface area contributed by atoms with E-state index in [4.69, 9.17) is 0 Å². The second kappa shape index (κ2) is 9.89. The fourth-order valence-corrected chi connectivity index (χ4v) is 4.27. The molecule has 3 aromatic rings. The molecule has 0 fully saturated rings. The largest absolute Gasteiger partial charge is 0.324 e. The van der Waals surface area contributed by atoms with Gasteiger partial charge in [0.1, 0.15) is 5.82 Å². The van der Waals surface area contributed by atoms with E-state index >= 15 is 0 Å². The minimum atomic E-state index is -0.333. The molecule has 1 N–H and O–H groups in total. The molecule has 1 aromatic heterocycles. The Morgan fingerprint density at radius 1 is 1.28 bits per heavy atom. The van der Waals surface area contributed by atoms with E-state index in [1.807, 2.05) is 60.9 Å². The number of anilines is 1. The normalized spacial score (nSPS) is 11.8. The van der Waals surface area contributed by atoms with Crippen LogP contribution in [0.1, 0.15) is 23.9 Å². The van der Waals surface area contributed by atoms with Gasteiger partial charge in [0.05, 0.1) is 10.9 Å². The summed E-state index contributed by atoms with van der Waals surface area (Å²) < 4.78 is 2.87. The number of aromatic nitrogens is 3. The standard InChI is InChI=1S/C22H23BrN4OS/c1-4-12-27-20(14-17-8-6-5-7-9-17)25-26-22(27)29-16(3)21(28)24-19-11-10-15(2)13-18(19)23/h4-11,13,16H,1,12,14H2,2-3H3,(H,24,28). The fourth-order valence-electron chi connectivity index (χ4n) is 2.80. The summed E-state index contributed by atoms with van der Waals surface area (Å²) in [5, 5.41) is 12.0. The van der Waals surface area contributed by atoms with E-state index in [2.05, 4.69) is 50.2 Å². The molecule has 0 saturated carbocycles. The second-order valence-electron chi connectivity index (χ2n) is 6.69. The molecule has 1 unspecified atom stereocenters. The predicted molar refractivity (Wildman–Crippen MR) is 122 cm³/mol. The lowest BCUT2D eigenvalue weighted by molar-refractivity contribution is -0.115. The number of hydrogen-bond acceptors (Lipinski definition) is 4. The Labute approximate surface area is 183 Å². The van der Waals surface area contributed by atoms with Crippen LogP contribution in [0, 0.1) is 6.92 Å². The summed E-state index contributed by atoms with van der Waals surface area (Å²) in [6.07, 6.45) is 2.50. The van der Waals surface area contributed by atoms with Crippen molar-refractivity contribution in [3.8, 4) is 0 Å². The minimum Gasteiger partial charge on any atom is -0.324 e. The lowest BCUT2D eigenvalue weighted by Gasteiger charge is -2.14. The Kier molecular flexibility index (Phi) is 7.28. The summed E-state index contributed by atoms with van der Waals surface area (Å²) in [5.74, 6) is 0.768. The molecule has 150 valence electrons. The van der Waals surface area contributed by atoms with Crippen molar-refractivity contribution in [1.82, 2.24) is 14.8 Å². The molecular weight excluding hydrogens is 448 g/mol. The molecule has 7 heteroatoms. The van der Waals surface area contributed by atoms with Gasteiger partial charge in [-0.2, -0.15) is 0 Å². The van der Waals surface area contributed by atoms with Crippen molar-refractivity contribution in [2.24, 2.45) is 0 Å². The number of thioether (sulfide) groups is 1. The number of carbonyl (C=O) groups is 1. The Balaban J connectivity index is 1.72. The number of rotatable bonds is 8. The third kappa shape index (κ3) is 5.58. The highest BCUT2D eigenvalue weighted by Gasteiger charge is 2.20. The van der Waals surface area contributed by atoms with Crippen LogP contribution in [0.15, 0.2) is 70.8 Å². The number of nitrogens with zero attached hydrogens (tertiary/aromatic N) is 3. The third-order valence-corrected chi connectivity index (χ3v) is 6.08. The molecule has 0 aliphatic rings. The first-order chi connectivity index (χ1) is 14.0. The molecule has 5 nitrogen and oxygen atoms in total. The molecule has 29 heavy (non-hydrogen) atoms. The molecule has 0 aliphatic carbocycles. The maximum Gasteiger partial charge on any atom is 0.237 e. The van der Waals surface area contributed by atoms with Crippen molar-refractivity contribution in [3.05, 3.63) is 82.6 Å². The highest BCUT2D eigenvalue weighted by atomic mass is 79.9. The number of halogens is 1. The Morgan fingerprint density at radius 2 is 2.03 bits per heavy atom. The SMILES string of the molecule is C=CCn1c(Cc2ccccc2)nnc1SC(C)C(=O)Nc1ccc(C)cc1Br. The average Bonchev–Trinajstić information content (AvgIpc) is 3.06. The van der Waals surface area contributed by atoms with Crippen molar-refractivity contribution in [2.75, 3.05) is 5.32 Å². The minimum absolute atomic E-state index is 0.0858. The number of nitrogens with one attached hydrogen (secondary N) is 1. The van der Waals surface area contributed by atoms with Gasteiger partial charge in [-0.05, 0) is 53.0 Å². The van der Waals surface area contributed by atoms with Crippen LogP contribution in [0.25, 0.3) is 0 Å². The van der Waals surface area contributed by atoms with Crippen LogP contribution >= 0.6 is 27.7 Å². The highest BCUT2D eigenvalue weighted by Crippen LogP contribution is 2.27. The van der Waals surface area contributed by atoms with Gasteiger partial charge in [-0.15, -0.1) is 16.8 Å². The van der Waals surface area contributed by atoms with E-state index in [1.54, 1.807) is 0 Å². The summed E-state index contributed by atoms with van der Waals surface area (Å²) in [5.41, 5.74) is 3.04. The molecule has 1 heterocycles. The maximum atomic E-state index is 12.7. The van der Waals surface area contributed by atoms with E-state index in [0.29, 0.717) is 18.1 Å². The summed E-state index contributed by atoms with van der Waals surface area (Å²) >= 11 is 4.89. The summed E-state index contributed by atoms with van der Waals surface area (Å²) in [6.45, 7) is 8.31. The van der Waals surface area contributed by atoms with Gasteiger partial charge in [0.25, 0.3) is 0 Å². The Morgan fingerprint density at radius 3 is 2.72 bits per heavy atom. The van der Waals surface area contributed by atoms with Crippen LogP contribution in [-0.4, -0.2) is 25.9 Å². The molecule has 3 rings (SSSR count). The topological polar surface area (TPSA) is 59.8 Å². The van der Waals surface area contributed by atoms with E-state index < -0.39 is 0 Å². The first-order valence-electron chi connectivity index (χ1n) is 9.28. The summed E-state index contributed by atoms with van der Waals surface area (Å²) in [4.78, 5) is 12.7. The van der Waals surface area contributed by atoms with E-state index in [9.17, 15) is 4.79 Å². The van der Waals surface area contributed by atoms with Gasteiger partial charge in [0.15, 0.2) is 5.16 Å². The smallest absolute Gasteiger partial charge is 0.237 e. The van der Waals surface area contributed by atoms with Gasteiger partial charge in [0, 0.05) is 17.4 Å². The average molecular weight is 471 g/mol. The molecule has 0 aliphatic heterocycles. The van der Waals surface area contributed by atoms with Crippen molar-refractivity contribution in [1.29, 1.82) is 0 Å². The first-order valence-corrected chi connectivity index (χ1v) is 11.0. The van der Waals surface area contributed by atoms with Crippen molar-refractivity contribution >= 4 is 39.3 Å². The van der Waals surface area contributed by atoms with Crippen molar-refractivity contribution < 1.29 is 4.79 Å². The van der Waals surface area contributed by atoms with Crippen LogP contribution in [0.5, 0.6) is 0 Å². The number of benzene rings is 2. The van der Waals surface area contributed by atoms with Gasteiger partial charge >= 0.3 is 0 Å². The number of hydrogen-bond donors (Lipinski definition) is 1. The molecule has 0 bridgehead atoms. The molecule has 2 aromatic carbocycles. The third-order valence-electron chi connectivity index (χ3n) is 4.34. The molecular formula is C22H23BrN4OS. The van der Waals surface area contributed by atoms with E-state index in [1.165, 1.54) is 11.8 Å². The van der Waals surface area contributed by atoms with E-state index in [-0.39, 0.29) is 11.2 Å². The number of amides is 1. The van der Waals surface area contributed by atoms with Crippen LogP contribution in [0.4, 0.5) is 5.69 Å². The summed E-state index contributed by atoms with van der Waals surface area (Å²) in [6, 6.07) is 16.0. The van der Waals surface area contributed by atoms with Gasteiger partial charge in [-0.25, -0.2) is 0 Å². The zero-order valence-corrected chi connectivity index (χ0v) is 18.8. The quantitative estimate of drug-likeness (QED) is 0.360. The molecule has 0 radical (unpaired) electrons. The lowest BCUT2D eigenvalue weighted by atomic mass is 10.1. The van der Waals surface area contributed by atoms with Gasteiger partial charge in [-0.3, -0.25) is 4.79 Å². The number of allylic oxidation sites excluding steroid dienone is 1. The number of aryl methyl sites for hydroxylation is 1. The zero-order chi connectivity index (χ0) is 20.8. The van der Waals surface area contributed by atoms with Gasteiger partial charge in [0.2, 0.25) is 5.91 Å². The maximum absolute atomic E-state index is 12.7.